The number of hydrogen-bond acceptors (Lipinski definition) is 3. The van der Waals surface area contributed by atoms with Crippen molar-refractivity contribution < 1.29 is 13.5 Å². The average Bonchev–Trinajstić information content (AvgIpc) is 2.47. The Morgan fingerprint density at radius 1 is 1.32 bits per heavy atom. The Morgan fingerprint density at radius 2 is 2.09 bits per heavy atom. The second-order valence-electron chi connectivity index (χ2n) is 4.34. The topological polar surface area (TPSA) is 55.0 Å². The minimum absolute atomic E-state index is 0.128. The standard InChI is InChI=1S/C15H11ClF2N2O2/c16-12-8-10(22-7-6-19)4-5-11(12)13-2-1-3-15(21)20(13)9-14(17)18/h1-5,8,14H,7,9H2. The van der Waals surface area contributed by atoms with Crippen molar-refractivity contribution in [3.05, 3.63) is 51.8 Å². The van der Waals surface area contributed by atoms with Gasteiger partial charge in [-0.15, -0.1) is 0 Å². The minimum Gasteiger partial charge on any atom is -0.479 e. The van der Waals surface area contributed by atoms with E-state index >= 15 is 0 Å². The first-order chi connectivity index (χ1) is 10.5. The van der Waals surface area contributed by atoms with E-state index in [2.05, 4.69) is 0 Å². The molecule has 0 N–H and O–H groups in total. The number of alkyl halides is 2. The zero-order valence-corrected chi connectivity index (χ0v) is 12.1. The lowest BCUT2D eigenvalue weighted by Gasteiger charge is -2.14. The number of aromatic nitrogens is 1. The van der Waals surface area contributed by atoms with E-state index in [1.165, 1.54) is 18.2 Å². The summed E-state index contributed by atoms with van der Waals surface area (Å²) in [4.78, 5) is 11.8. The molecule has 0 saturated carbocycles. The molecule has 0 spiro atoms. The van der Waals surface area contributed by atoms with E-state index in [-0.39, 0.29) is 11.6 Å². The maximum absolute atomic E-state index is 12.7. The highest BCUT2D eigenvalue weighted by molar-refractivity contribution is 6.33. The lowest BCUT2D eigenvalue weighted by molar-refractivity contribution is 0.126. The third-order valence-corrected chi connectivity index (χ3v) is 3.20. The number of ether oxygens (including phenoxy) is 1. The lowest BCUT2D eigenvalue weighted by atomic mass is 10.1. The Kier molecular flexibility index (Phi) is 5.12. The molecule has 0 atom stereocenters. The number of nitriles is 1. The summed E-state index contributed by atoms with van der Waals surface area (Å²) in [5.74, 6) is 0.383. The molecule has 2 aromatic rings. The van der Waals surface area contributed by atoms with Gasteiger partial charge < -0.3 is 9.30 Å². The smallest absolute Gasteiger partial charge is 0.256 e. The molecule has 0 aliphatic heterocycles. The third kappa shape index (κ3) is 3.62. The van der Waals surface area contributed by atoms with E-state index in [0.717, 1.165) is 4.57 Å². The van der Waals surface area contributed by atoms with Crippen LogP contribution < -0.4 is 10.3 Å². The predicted octanol–water partition coefficient (Wildman–Crippen LogP) is 3.34. The van der Waals surface area contributed by atoms with Crippen LogP contribution in [0.4, 0.5) is 8.78 Å². The largest absolute Gasteiger partial charge is 0.479 e. The first-order valence-corrected chi connectivity index (χ1v) is 6.68. The fourth-order valence-electron chi connectivity index (χ4n) is 1.99. The van der Waals surface area contributed by atoms with Crippen molar-refractivity contribution in [2.75, 3.05) is 6.61 Å². The number of rotatable bonds is 5. The number of hydrogen-bond donors (Lipinski definition) is 0. The Balaban J connectivity index is 2.46. The Labute approximate surface area is 130 Å². The van der Waals surface area contributed by atoms with Crippen LogP contribution in [0, 0.1) is 11.3 Å². The molecule has 0 bridgehead atoms. The number of pyridine rings is 1. The monoisotopic (exact) mass is 324 g/mol. The lowest BCUT2D eigenvalue weighted by Crippen LogP contribution is -2.23. The molecule has 4 nitrogen and oxygen atoms in total. The van der Waals surface area contributed by atoms with Gasteiger partial charge in [0.05, 0.1) is 17.3 Å². The summed E-state index contributed by atoms with van der Waals surface area (Å²) >= 11 is 6.14. The minimum atomic E-state index is -2.66. The molecule has 114 valence electrons. The van der Waals surface area contributed by atoms with Crippen molar-refractivity contribution >= 4 is 11.6 Å². The summed E-state index contributed by atoms with van der Waals surface area (Å²) in [5, 5.41) is 8.70. The van der Waals surface area contributed by atoms with Crippen molar-refractivity contribution in [2.24, 2.45) is 0 Å². The van der Waals surface area contributed by atoms with Gasteiger partial charge in [-0.05, 0) is 24.3 Å². The molecule has 0 unspecified atom stereocenters. The average molecular weight is 325 g/mol. The van der Waals surface area contributed by atoms with Crippen LogP contribution in [0.15, 0.2) is 41.2 Å². The molecule has 0 aliphatic rings. The van der Waals surface area contributed by atoms with Crippen LogP contribution in [0.2, 0.25) is 5.02 Å². The molecular weight excluding hydrogens is 314 g/mol. The summed E-state index contributed by atoms with van der Waals surface area (Å²) in [6.45, 7) is -0.838. The van der Waals surface area contributed by atoms with E-state index in [1.54, 1.807) is 18.2 Å². The van der Waals surface area contributed by atoms with E-state index in [4.69, 9.17) is 21.6 Å². The first-order valence-electron chi connectivity index (χ1n) is 6.30. The van der Waals surface area contributed by atoms with Gasteiger partial charge in [0.25, 0.3) is 12.0 Å². The second kappa shape index (κ2) is 7.05. The summed E-state index contributed by atoms with van der Waals surface area (Å²) in [6, 6.07) is 10.7. The third-order valence-electron chi connectivity index (χ3n) is 2.89. The summed E-state index contributed by atoms with van der Waals surface area (Å²) in [5.41, 5.74) is 0.202. The van der Waals surface area contributed by atoms with E-state index in [0.29, 0.717) is 17.0 Å². The highest BCUT2D eigenvalue weighted by atomic mass is 35.5. The molecule has 7 heteroatoms. The van der Waals surface area contributed by atoms with Gasteiger partial charge in [0.15, 0.2) is 6.61 Å². The van der Waals surface area contributed by atoms with Crippen LogP contribution in [0.1, 0.15) is 0 Å². The number of benzene rings is 1. The van der Waals surface area contributed by atoms with Gasteiger partial charge in [-0.2, -0.15) is 5.26 Å². The van der Waals surface area contributed by atoms with Crippen molar-refractivity contribution in [2.45, 2.75) is 13.0 Å². The van der Waals surface area contributed by atoms with Crippen LogP contribution >= 0.6 is 11.6 Å². The summed E-state index contributed by atoms with van der Waals surface area (Å²) < 4.78 is 31.4. The van der Waals surface area contributed by atoms with Crippen LogP contribution in [-0.2, 0) is 6.54 Å². The van der Waals surface area contributed by atoms with E-state index in [9.17, 15) is 13.6 Å². The molecule has 2 rings (SSSR count). The number of nitrogens with zero attached hydrogens (tertiary/aromatic N) is 2. The molecule has 22 heavy (non-hydrogen) atoms. The van der Waals surface area contributed by atoms with Crippen molar-refractivity contribution in [3.8, 4) is 23.1 Å². The van der Waals surface area contributed by atoms with Gasteiger partial charge in [0.2, 0.25) is 0 Å². The molecule has 1 heterocycles. The molecule has 0 aliphatic carbocycles. The van der Waals surface area contributed by atoms with Gasteiger partial charge in [-0.3, -0.25) is 4.79 Å². The normalized spacial score (nSPS) is 10.5. The highest BCUT2D eigenvalue weighted by Gasteiger charge is 2.14. The van der Waals surface area contributed by atoms with Crippen LogP contribution in [0.25, 0.3) is 11.3 Å². The maximum atomic E-state index is 12.7. The SMILES string of the molecule is N#CCOc1ccc(-c2cccc(=O)n2CC(F)F)c(Cl)c1. The Bertz CT molecular complexity index is 769. The van der Waals surface area contributed by atoms with Crippen LogP contribution in [0.5, 0.6) is 5.75 Å². The summed E-state index contributed by atoms with van der Waals surface area (Å²) in [7, 11) is 0. The molecule has 1 aromatic carbocycles. The Hall–Kier alpha value is -2.39. The molecule has 1 aromatic heterocycles. The van der Waals surface area contributed by atoms with Gasteiger partial charge in [-0.1, -0.05) is 17.7 Å². The van der Waals surface area contributed by atoms with Crippen molar-refractivity contribution in [3.63, 3.8) is 0 Å². The van der Waals surface area contributed by atoms with Gasteiger partial charge in [-0.25, -0.2) is 8.78 Å². The molecule has 0 radical (unpaired) electrons. The fourth-order valence-corrected chi connectivity index (χ4v) is 2.26. The van der Waals surface area contributed by atoms with Crippen molar-refractivity contribution in [1.29, 1.82) is 5.26 Å². The fraction of sp³-hybridized carbons (Fsp3) is 0.200. The van der Waals surface area contributed by atoms with Crippen molar-refractivity contribution in [1.82, 2.24) is 4.57 Å². The summed E-state index contributed by atoms with van der Waals surface area (Å²) in [6.07, 6.45) is -2.66. The van der Waals surface area contributed by atoms with Crippen LogP contribution in [-0.4, -0.2) is 17.6 Å². The number of halogens is 3. The molecule has 0 saturated heterocycles. The highest BCUT2D eigenvalue weighted by Crippen LogP contribution is 2.30. The van der Waals surface area contributed by atoms with E-state index in [1.807, 2.05) is 6.07 Å². The van der Waals surface area contributed by atoms with Gasteiger partial charge >= 0.3 is 0 Å². The molecule has 0 fully saturated rings. The Morgan fingerprint density at radius 3 is 2.73 bits per heavy atom. The molecular formula is C15H11ClF2N2O2. The predicted molar refractivity (Wildman–Crippen MR) is 78.3 cm³/mol. The zero-order chi connectivity index (χ0) is 16.1. The zero-order valence-electron chi connectivity index (χ0n) is 11.3. The maximum Gasteiger partial charge on any atom is 0.256 e. The van der Waals surface area contributed by atoms with Gasteiger partial charge in [0.1, 0.15) is 11.8 Å². The quantitative estimate of drug-likeness (QED) is 0.847. The van der Waals surface area contributed by atoms with E-state index < -0.39 is 18.5 Å². The van der Waals surface area contributed by atoms with Crippen LogP contribution in [0.3, 0.4) is 0 Å². The first kappa shape index (κ1) is 16.0. The molecule has 0 amide bonds. The second-order valence-corrected chi connectivity index (χ2v) is 4.75. The van der Waals surface area contributed by atoms with Gasteiger partial charge in [0, 0.05) is 11.6 Å².